The second-order valence-corrected chi connectivity index (χ2v) is 5.88. The van der Waals surface area contributed by atoms with Crippen LogP contribution in [0.25, 0.3) is 0 Å². The zero-order valence-corrected chi connectivity index (χ0v) is 12.6. The maximum Gasteiger partial charge on any atom is 0.261 e. The summed E-state index contributed by atoms with van der Waals surface area (Å²) in [6.07, 6.45) is 0.884. The van der Waals surface area contributed by atoms with Crippen molar-refractivity contribution in [1.82, 2.24) is 5.32 Å². The molecule has 3 rings (SSSR count). The van der Waals surface area contributed by atoms with Crippen molar-refractivity contribution < 1.29 is 14.3 Å². The molecular formula is C16H17NO3S. The SMILES string of the molecule is C[C@@H](NC(=O)c1cccs1)c1ccc2c(c1)OCCCO2. The minimum atomic E-state index is -0.0863. The van der Waals surface area contributed by atoms with E-state index in [1.54, 1.807) is 0 Å². The Morgan fingerprint density at radius 3 is 2.81 bits per heavy atom. The third kappa shape index (κ3) is 3.19. The first kappa shape index (κ1) is 13.9. The van der Waals surface area contributed by atoms with Crippen LogP contribution in [0.2, 0.25) is 0 Å². The predicted octanol–water partition coefficient (Wildman–Crippen LogP) is 3.40. The topological polar surface area (TPSA) is 47.6 Å². The highest BCUT2D eigenvalue weighted by molar-refractivity contribution is 7.12. The van der Waals surface area contributed by atoms with Crippen molar-refractivity contribution in [3.05, 3.63) is 46.2 Å². The Bertz CT molecular complexity index is 624. The lowest BCUT2D eigenvalue weighted by atomic mass is 10.1. The van der Waals surface area contributed by atoms with Crippen LogP contribution in [0.15, 0.2) is 35.7 Å². The Kier molecular flexibility index (Phi) is 4.10. The number of rotatable bonds is 3. The smallest absolute Gasteiger partial charge is 0.261 e. The van der Waals surface area contributed by atoms with Crippen LogP contribution in [0.1, 0.15) is 34.6 Å². The Morgan fingerprint density at radius 2 is 2.05 bits per heavy atom. The lowest BCUT2D eigenvalue weighted by molar-refractivity contribution is 0.0944. The first-order valence-electron chi connectivity index (χ1n) is 6.98. The van der Waals surface area contributed by atoms with Gasteiger partial charge in [-0.25, -0.2) is 0 Å². The molecule has 0 saturated carbocycles. The second-order valence-electron chi connectivity index (χ2n) is 4.93. The molecule has 0 spiro atoms. The molecule has 1 aliphatic rings. The summed E-state index contributed by atoms with van der Waals surface area (Å²) in [5.74, 6) is 1.47. The summed E-state index contributed by atoms with van der Waals surface area (Å²) in [7, 11) is 0. The molecule has 0 bridgehead atoms. The Hall–Kier alpha value is -2.01. The van der Waals surface area contributed by atoms with Gasteiger partial charge in [-0.15, -0.1) is 11.3 Å². The van der Waals surface area contributed by atoms with Gasteiger partial charge in [0.1, 0.15) is 0 Å². The molecule has 0 fully saturated rings. The van der Waals surface area contributed by atoms with Gasteiger partial charge in [-0.3, -0.25) is 4.79 Å². The van der Waals surface area contributed by atoms with Crippen LogP contribution in [0.4, 0.5) is 0 Å². The van der Waals surface area contributed by atoms with E-state index in [2.05, 4.69) is 5.32 Å². The Morgan fingerprint density at radius 1 is 1.24 bits per heavy atom. The largest absolute Gasteiger partial charge is 0.490 e. The number of carbonyl (C=O) groups excluding carboxylic acids is 1. The molecule has 2 heterocycles. The fraction of sp³-hybridized carbons (Fsp3) is 0.312. The highest BCUT2D eigenvalue weighted by Gasteiger charge is 2.16. The van der Waals surface area contributed by atoms with E-state index in [-0.39, 0.29) is 11.9 Å². The summed E-state index contributed by atoms with van der Waals surface area (Å²) < 4.78 is 11.3. The number of carbonyl (C=O) groups is 1. The molecular weight excluding hydrogens is 286 g/mol. The molecule has 1 atom stereocenters. The fourth-order valence-electron chi connectivity index (χ4n) is 2.21. The predicted molar refractivity (Wildman–Crippen MR) is 82.2 cm³/mol. The molecule has 110 valence electrons. The summed E-state index contributed by atoms with van der Waals surface area (Å²) in [5, 5.41) is 4.89. The van der Waals surface area contributed by atoms with Crippen LogP contribution in [0, 0.1) is 0 Å². The summed E-state index contributed by atoms with van der Waals surface area (Å²) in [5.41, 5.74) is 1.00. The molecule has 0 saturated heterocycles. The second kappa shape index (κ2) is 6.18. The molecule has 1 aromatic carbocycles. The molecule has 1 aromatic heterocycles. The summed E-state index contributed by atoms with van der Waals surface area (Å²) in [6, 6.07) is 9.42. The number of hydrogen-bond acceptors (Lipinski definition) is 4. The van der Waals surface area contributed by atoms with Crippen LogP contribution >= 0.6 is 11.3 Å². The van der Waals surface area contributed by atoms with E-state index in [1.165, 1.54) is 11.3 Å². The van der Waals surface area contributed by atoms with Gasteiger partial charge in [-0.05, 0) is 36.1 Å². The van der Waals surface area contributed by atoms with E-state index in [9.17, 15) is 4.79 Å². The van der Waals surface area contributed by atoms with Gasteiger partial charge in [0, 0.05) is 6.42 Å². The first-order valence-corrected chi connectivity index (χ1v) is 7.86. The molecule has 5 heteroatoms. The van der Waals surface area contributed by atoms with Gasteiger partial charge in [0.2, 0.25) is 0 Å². The Labute approximate surface area is 127 Å². The Balaban J connectivity index is 1.74. The lowest BCUT2D eigenvalue weighted by Crippen LogP contribution is -2.25. The van der Waals surface area contributed by atoms with Crippen molar-refractivity contribution >= 4 is 17.2 Å². The number of fused-ring (bicyclic) bond motifs is 1. The van der Waals surface area contributed by atoms with Gasteiger partial charge in [0.25, 0.3) is 5.91 Å². The average Bonchev–Trinajstić information content (AvgIpc) is 2.92. The minimum absolute atomic E-state index is 0.0513. The summed E-state index contributed by atoms with van der Waals surface area (Å²) in [4.78, 5) is 12.8. The number of nitrogens with one attached hydrogen (secondary N) is 1. The van der Waals surface area contributed by atoms with Gasteiger partial charge in [0.15, 0.2) is 11.5 Å². The van der Waals surface area contributed by atoms with Crippen LogP contribution in [0.3, 0.4) is 0 Å². The number of thiophene rings is 1. The van der Waals surface area contributed by atoms with Gasteiger partial charge in [0.05, 0.1) is 24.1 Å². The molecule has 21 heavy (non-hydrogen) atoms. The maximum atomic E-state index is 12.1. The van der Waals surface area contributed by atoms with Crippen LogP contribution in [-0.4, -0.2) is 19.1 Å². The van der Waals surface area contributed by atoms with Crippen molar-refractivity contribution in [3.63, 3.8) is 0 Å². The van der Waals surface area contributed by atoms with Crippen LogP contribution < -0.4 is 14.8 Å². The minimum Gasteiger partial charge on any atom is -0.490 e. The molecule has 0 unspecified atom stereocenters. The number of amides is 1. The normalized spacial score (nSPS) is 15.1. The quantitative estimate of drug-likeness (QED) is 0.945. The van der Waals surface area contributed by atoms with E-state index in [1.807, 2.05) is 42.6 Å². The highest BCUT2D eigenvalue weighted by Crippen LogP contribution is 2.32. The van der Waals surface area contributed by atoms with Crippen molar-refractivity contribution in [3.8, 4) is 11.5 Å². The van der Waals surface area contributed by atoms with Crippen molar-refractivity contribution in [2.45, 2.75) is 19.4 Å². The monoisotopic (exact) mass is 303 g/mol. The van der Waals surface area contributed by atoms with Crippen molar-refractivity contribution in [2.24, 2.45) is 0 Å². The fourth-order valence-corrected chi connectivity index (χ4v) is 2.83. The van der Waals surface area contributed by atoms with E-state index < -0.39 is 0 Å². The molecule has 1 N–H and O–H groups in total. The van der Waals surface area contributed by atoms with Gasteiger partial charge < -0.3 is 14.8 Å². The van der Waals surface area contributed by atoms with Crippen LogP contribution in [-0.2, 0) is 0 Å². The highest BCUT2D eigenvalue weighted by atomic mass is 32.1. The zero-order valence-electron chi connectivity index (χ0n) is 11.8. The summed E-state index contributed by atoms with van der Waals surface area (Å²) >= 11 is 1.44. The lowest BCUT2D eigenvalue weighted by Gasteiger charge is -2.16. The zero-order chi connectivity index (χ0) is 14.7. The third-order valence-corrected chi connectivity index (χ3v) is 4.23. The van der Waals surface area contributed by atoms with Gasteiger partial charge >= 0.3 is 0 Å². The van der Waals surface area contributed by atoms with Crippen molar-refractivity contribution in [1.29, 1.82) is 0 Å². The molecule has 4 nitrogen and oxygen atoms in total. The van der Waals surface area contributed by atoms with Crippen LogP contribution in [0.5, 0.6) is 11.5 Å². The number of hydrogen-bond donors (Lipinski definition) is 1. The molecule has 0 radical (unpaired) electrons. The van der Waals surface area contributed by atoms with Gasteiger partial charge in [-0.1, -0.05) is 12.1 Å². The van der Waals surface area contributed by atoms with E-state index in [0.717, 1.165) is 28.4 Å². The van der Waals surface area contributed by atoms with E-state index >= 15 is 0 Å². The summed E-state index contributed by atoms with van der Waals surface area (Å²) in [6.45, 7) is 3.30. The molecule has 1 aliphatic heterocycles. The molecule has 2 aromatic rings. The average molecular weight is 303 g/mol. The van der Waals surface area contributed by atoms with Gasteiger partial charge in [-0.2, -0.15) is 0 Å². The molecule has 0 aliphatic carbocycles. The number of ether oxygens (including phenoxy) is 2. The molecule has 1 amide bonds. The number of benzene rings is 1. The standard InChI is InChI=1S/C16H17NO3S/c1-11(17-16(18)15-4-2-9-21-15)12-5-6-13-14(10-12)20-8-3-7-19-13/h2,4-6,9-11H,3,7-8H2,1H3,(H,17,18)/t11-/m1/s1. The third-order valence-electron chi connectivity index (χ3n) is 3.36. The van der Waals surface area contributed by atoms with Crippen molar-refractivity contribution in [2.75, 3.05) is 13.2 Å². The van der Waals surface area contributed by atoms with E-state index in [4.69, 9.17) is 9.47 Å². The first-order chi connectivity index (χ1) is 10.2. The maximum absolute atomic E-state index is 12.1. The van der Waals surface area contributed by atoms with E-state index in [0.29, 0.717) is 13.2 Å².